The predicted octanol–water partition coefficient (Wildman–Crippen LogP) is -2.49. The van der Waals surface area contributed by atoms with Crippen molar-refractivity contribution >= 4 is 0 Å². The van der Waals surface area contributed by atoms with E-state index in [1.165, 1.54) is 0 Å². The molecule has 1 aromatic rings. The van der Waals surface area contributed by atoms with Crippen LogP contribution in [0.2, 0.25) is 0 Å². The minimum absolute atomic E-state index is 0.199. The fourth-order valence-electron chi connectivity index (χ4n) is 3.34. The molecule has 2 fully saturated rings. The average Bonchev–Trinajstić information content (AvgIpc) is 3.02. The molecule has 6 N–H and O–H groups in total. The van der Waals surface area contributed by atoms with Gasteiger partial charge in [0, 0.05) is 0 Å². The minimum atomic E-state index is -1.90. The van der Waals surface area contributed by atoms with Crippen molar-refractivity contribution in [2.75, 3.05) is 26.4 Å². The Morgan fingerprint density at radius 1 is 1.03 bits per heavy atom. The van der Waals surface area contributed by atoms with E-state index in [4.69, 9.17) is 18.9 Å². The minimum Gasteiger partial charge on any atom is -0.394 e. The summed E-state index contributed by atoms with van der Waals surface area (Å²) in [5.41, 5.74) is -0.885. The summed E-state index contributed by atoms with van der Waals surface area (Å²) in [6.45, 7) is -1.47. The van der Waals surface area contributed by atoms with Gasteiger partial charge in [-0.3, -0.25) is 0 Å². The third kappa shape index (κ3) is 4.94. The number of aliphatic hydroxyl groups is 6. The zero-order chi connectivity index (χ0) is 21.0. The lowest BCUT2D eigenvalue weighted by atomic mass is 9.98. The lowest BCUT2D eigenvalue weighted by Gasteiger charge is -2.42. The van der Waals surface area contributed by atoms with Crippen molar-refractivity contribution in [2.45, 2.75) is 55.1 Å². The molecule has 0 spiro atoms. The van der Waals surface area contributed by atoms with Gasteiger partial charge in [0.25, 0.3) is 0 Å². The lowest BCUT2D eigenvalue weighted by Crippen LogP contribution is -2.61. The van der Waals surface area contributed by atoms with Crippen LogP contribution in [-0.4, -0.2) is 106 Å². The second kappa shape index (κ2) is 9.75. The first-order valence-electron chi connectivity index (χ1n) is 9.46. The van der Waals surface area contributed by atoms with Crippen LogP contribution >= 0.6 is 0 Å². The molecule has 0 amide bonds. The molecule has 3 rings (SSSR count). The molecule has 0 radical (unpaired) electrons. The molecule has 0 aromatic heterocycles. The normalized spacial score (nSPS) is 40.3. The number of benzene rings is 1. The molecule has 2 heterocycles. The molecule has 29 heavy (non-hydrogen) atoms. The fraction of sp³-hybridized carbons (Fsp3) is 0.684. The van der Waals surface area contributed by atoms with E-state index >= 15 is 0 Å². The van der Waals surface area contributed by atoms with E-state index in [2.05, 4.69) is 0 Å². The monoisotopic (exact) mass is 416 g/mol. The van der Waals surface area contributed by atoms with Crippen LogP contribution in [0.5, 0.6) is 0 Å². The molecule has 0 unspecified atom stereocenters. The van der Waals surface area contributed by atoms with E-state index in [0.717, 1.165) is 5.56 Å². The Morgan fingerprint density at radius 2 is 1.76 bits per heavy atom. The van der Waals surface area contributed by atoms with Crippen molar-refractivity contribution in [3.05, 3.63) is 35.9 Å². The molecule has 2 aliphatic rings. The zero-order valence-electron chi connectivity index (χ0n) is 15.8. The third-order valence-corrected chi connectivity index (χ3v) is 5.21. The van der Waals surface area contributed by atoms with E-state index in [0.29, 0.717) is 6.42 Å². The molecule has 0 bridgehead atoms. The summed E-state index contributed by atoms with van der Waals surface area (Å²) < 4.78 is 22.0. The number of ether oxygens (including phenoxy) is 4. The van der Waals surface area contributed by atoms with Crippen molar-refractivity contribution in [3.8, 4) is 0 Å². The second-order valence-electron chi connectivity index (χ2n) is 7.30. The number of hydrogen-bond acceptors (Lipinski definition) is 10. The molecule has 10 nitrogen and oxygen atoms in total. The average molecular weight is 416 g/mol. The Labute approximate surface area is 167 Å². The molecule has 1 aromatic carbocycles. The van der Waals surface area contributed by atoms with Crippen molar-refractivity contribution in [3.63, 3.8) is 0 Å². The first kappa shape index (κ1) is 22.5. The summed E-state index contributed by atoms with van der Waals surface area (Å²) in [5, 5.41) is 59.5. The van der Waals surface area contributed by atoms with E-state index in [1.54, 1.807) is 0 Å². The van der Waals surface area contributed by atoms with Crippen molar-refractivity contribution < 1.29 is 49.6 Å². The highest BCUT2D eigenvalue weighted by Gasteiger charge is 2.53. The Hall–Kier alpha value is -1.18. The largest absolute Gasteiger partial charge is 0.394 e. The molecule has 0 saturated carbocycles. The van der Waals surface area contributed by atoms with Crippen molar-refractivity contribution in [1.29, 1.82) is 0 Å². The highest BCUT2D eigenvalue weighted by molar-refractivity contribution is 5.14. The van der Waals surface area contributed by atoms with Gasteiger partial charge in [0.1, 0.15) is 36.1 Å². The molecule has 8 atom stereocenters. The fourth-order valence-corrected chi connectivity index (χ4v) is 3.34. The van der Waals surface area contributed by atoms with Crippen LogP contribution in [0.4, 0.5) is 0 Å². The van der Waals surface area contributed by atoms with Crippen LogP contribution in [0.1, 0.15) is 5.56 Å². The van der Waals surface area contributed by atoms with Gasteiger partial charge in [0.2, 0.25) is 0 Å². The van der Waals surface area contributed by atoms with Gasteiger partial charge >= 0.3 is 0 Å². The summed E-state index contributed by atoms with van der Waals surface area (Å²) in [6, 6.07) is 9.52. The lowest BCUT2D eigenvalue weighted by molar-refractivity contribution is -0.335. The van der Waals surface area contributed by atoms with Crippen LogP contribution in [0.3, 0.4) is 0 Å². The molecule has 0 aliphatic carbocycles. The summed E-state index contributed by atoms with van der Waals surface area (Å²) in [5.74, 6) is 0. The number of aliphatic hydroxyl groups excluding tert-OH is 5. The van der Waals surface area contributed by atoms with Crippen LogP contribution < -0.4 is 0 Å². The molecule has 10 heteroatoms. The van der Waals surface area contributed by atoms with Crippen molar-refractivity contribution in [1.82, 2.24) is 0 Å². The molecular formula is C19H28O10. The topological polar surface area (TPSA) is 158 Å². The summed E-state index contributed by atoms with van der Waals surface area (Å²) in [7, 11) is 0. The number of rotatable bonds is 8. The first-order chi connectivity index (χ1) is 13.9. The van der Waals surface area contributed by atoms with Gasteiger partial charge in [-0.05, 0) is 12.0 Å². The van der Waals surface area contributed by atoms with Gasteiger partial charge < -0.3 is 49.6 Å². The Kier molecular flexibility index (Phi) is 7.57. The summed E-state index contributed by atoms with van der Waals surface area (Å²) in [4.78, 5) is 0. The van der Waals surface area contributed by atoms with Crippen LogP contribution in [0.25, 0.3) is 0 Å². The maximum absolute atomic E-state index is 10.5. The second-order valence-corrected chi connectivity index (χ2v) is 7.30. The zero-order valence-corrected chi connectivity index (χ0v) is 15.8. The predicted molar refractivity (Wildman–Crippen MR) is 96.5 cm³/mol. The van der Waals surface area contributed by atoms with E-state index in [1.807, 2.05) is 30.3 Å². The van der Waals surface area contributed by atoms with E-state index in [-0.39, 0.29) is 13.2 Å². The highest BCUT2D eigenvalue weighted by Crippen LogP contribution is 2.31. The summed E-state index contributed by atoms with van der Waals surface area (Å²) >= 11 is 0. The maximum Gasteiger partial charge on any atom is 0.187 e. The van der Waals surface area contributed by atoms with E-state index in [9.17, 15) is 30.6 Å². The standard InChI is InChI=1S/C19H28O10/c20-8-12-13(22)14(23)15(29-18-16(24)19(25,9-21)10-27-18)17(28-12)26-7-6-11-4-2-1-3-5-11/h1-5,12-18,20-25H,6-10H2/t12-,13+,14-,15-,16+,17+,18+,19+/m1/s1. The van der Waals surface area contributed by atoms with Gasteiger partial charge in [-0.2, -0.15) is 0 Å². The third-order valence-electron chi connectivity index (χ3n) is 5.21. The smallest absolute Gasteiger partial charge is 0.187 e. The molecule has 2 aliphatic heterocycles. The Morgan fingerprint density at radius 3 is 2.38 bits per heavy atom. The van der Waals surface area contributed by atoms with Gasteiger partial charge in [0.15, 0.2) is 12.6 Å². The molecule has 2 saturated heterocycles. The van der Waals surface area contributed by atoms with Gasteiger partial charge in [-0.15, -0.1) is 0 Å². The quantitative estimate of drug-likeness (QED) is 0.268. The van der Waals surface area contributed by atoms with Gasteiger partial charge in [0.05, 0.1) is 26.4 Å². The maximum atomic E-state index is 10.5. The Balaban J connectivity index is 1.67. The molecule has 164 valence electrons. The highest BCUT2D eigenvalue weighted by atomic mass is 16.8. The van der Waals surface area contributed by atoms with Gasteiger partial charge in [-0.1, -0.05) is 30.3 Å². The molecular weight excluding hydrogens is 388 g/mol. The summed E-state index contributed by atoms with van der Waals surface area (Å²) in [6.07, 6.45) is -8.93. The van der Waals surface area contributed by atoms with Crippen molar-refractivity contribution in [2.24, 2.45) is 0 Å². The Bertz CT molecular complexity index is 631. The van der Waals surface area contributed by atoms with Gasteiger partial charge in [-0.25, -0.2) is 0 Å². The van der Waals surface area contributed by atoms with Crippen LogP contribution in [0.15, 0.2) is 30.3 Å². The first-order valence-corrected chi connectivity index (χ1v) is 9.46. The van der Waals surface area contributed by atoms with Crippen LogP contribution in [-0.2, 0) is 25.4 Å². The SMILES string of the molecule is OC[C@H]1O[C@H](OCCc2ccccc2)[C@H](O[C@@H]2OC[C@@](O)(CO)[C@H]2O)[C@H](O)[C@H]1O. The van der Waals surface area contributed by atoms with E-state index < -0.39 is 61.9 Å². The number of hydrogen-bond donors (Lipinski definition) is 6. The van der Waals surface area contributed by atoms with Crippen LogP contribution in [0, 0.1) is 0 Å².